The third kappa shape index (κ3) is 5.06. The quantitative estimate of drug-likeness (QED) is 0.234. The second-order valence-corrected chi connectivity index (χ2v) is 6.03. The van der Waals surface area contributed by atoms with E-state index in [1.54, 1.807) is 24.3 Å². The van der Waals surface area contributed by atoms with E-state index in [-0.39, 0.29) is 0 Å². The van der Waals surface area contributed by atoms with Gasteiger partial charge < -0.3 is 9.47 Å². The second kappa shape index (κ2) is 8.48. The molecule has 2 aromatic carbocycles. The molecule has 4 nitrogen and oxygen atoms in total. The van der Waals surface area contributed by atoms with Gasteiger partial charge in [-0.3, -0.25) is 0 Å². The van der Waals surface area contributed by atoms with E-state index in [0.717, 1.165) is 24.3 Å². The molecular weight excluding hydrogens is 468 g/mol. The molecule has 0 unspecified atom stereocenters. The van der Waals surface area contributed by atoms with Gasteiger partial charge in [-0.25, -0.2) is 9.18 Å². The highest BCUT2D eigenvalue weighted by molar-refractivity contribution is 5.82. The molecule has 176 valence electrons. The van der Waals surface area contributed by atoms with Crippen LogP contribution < -0.4 is 9.47 Å². The first-order valence-electron chi connectivity index (χ1n) is 8.18. The zero-order valence-electron chi connectivity index (χ0n) is 15.6. The fourth-order valence-electron chi connectivity index (χ4n) is 2.50. The lowest BCUT2D eigenvalue weighted by atomic mass is 10.1. The lowest BCUT2D eigenvalue weighted by Gasteiger charge is -2.37. The number of hydrogen-bond acceptors (Lipinski definition) is 4. The van der Waals surface area contributed by atoms with E-state index < -0.39 is 41.2 Å². The van der Waals surface area contributed by atoms with Crippen LogP contribution in [0.15, 0.2) is 48.5 Å². The van der Waals surface area contributed by atoms with E-state index >= 15 is 0 Å². The molecule has 2 aromatic rings. The SMILES string of the molecule is COc1ccc(-c2ccc(OC(=O)[C@](F)(N(C(F)(F)F)C(F)(F)F)C(F)(F)F)cc2)cc1. The third-order valence-corrected chi connectivity index (χ3v) is 3.95. The number of carbonyl (C=O) groups is 1. The molecule has 0 aliphatic carbocycles. The predicted molar refractivity (Wildman–Crippen MR) is 87.9 cm³/mol. The van der Waals surface area contributed by atoms with Gasteiger partial charge in [0, 0.05) is 0 Å². The summed E-state index contributed by atoms with van der Waals surface area (Å²) in [5.41, 5.74) is 0.904. The molecule has 0 heterocycles. The zero-order valence-corrected chi connectivity index (χ0v) is 15.6. The van der Waals surface area contributed by atoms with Crippen LogP contribution in [0.2, 0.25) is 0 Å². The van der Waals surface area contributed by atoms with Crippen molar-refractivity contribution in [2.24, 2.45) is 0 Å². The molecule has 0 aliphatic rings. The highest BCUT2D eigenvalue weighted by Crippen LogP contribution is 2.48. The van der Waals surface area contributed by atoms with Crippen molar-refractivity contribution in [3.05, 3.63) is 48.5 Å². The molecule has 0 radical (unpaired) electrons. The van der Waals surface area contributed by atoms with E-state index in [1.165, 1.54) is 7.11 Å². The number of hydrogen-bond donors (Lipinski definition) is 0. The van der Waals surface area contributed by atoms with E-state index in [1.807, 2.05) is 0 Å². The Labute approximate surface area is 172 Å². The minimum Gasteiger partial charge on any atom is -0.497 e. The summed E-state index contributed by atoms with van der Waals surface area (Å²) in [6.45, 7) is 0. The molecule has 0 bridgehead atoms. The Kier molecular flexibility index (Phi) is 6.69. The molecular formula is C18H11F10NO3. The van der Waals surface area contributed by atoms with Crippen molar-refractivity contribution in [2.45, 2.75) is 24.6 Å². The van der Waals surface area contributed by atoms with E-state index in [0.29, 0.717) is 16.9 Å². The monoisotopic (exact) mass is 479 g/mol. The van der Waals surface area contributed by atoms with Crippen LogP contribution in [0.1, 0.15) is 0 Å². The Morgan fingerprint density at radius 2 is 1.06 bits per heavy atom. The number of benzene rings is 2. The summed E-state index contributed by atoms with van der Waals surface area (Å²) in [4.78, 5) is 8.17. The van der Waals surface area contributed by atoms with Gasteiger partial charge in [0.05, 0.1) is 7.11 Å². The number of alkyl halides is 10. The van der Waals surface area contributed by atoms with Crippen molar-refractivity contribution in [3.63, 3.8) is 0 Å². The van der Waals surface area contributed by atoms with Gasteiger partial charge in [-0.05, 0) is 35.4 Å². The van der Waals surface area contributed by atoms with Crippen LogP contribution in [0, 0.1) is 0 Å². The summed E-state index contributed by atoms with van der Waals surface area (Å²) in [7, 11) is 1.41. The van der Waals surface area contributed by atoms with Crippen LogP contribution in [0.5, 0.6) is 11.5 Å². The van der Waals surface area contributed by atoms with Crippen molar-refractivity contribution in [1.29, 1.82) is 0 Å². The van der Waals surface area contributed by atoms with Crippen molar-refractivity contribution in [1.82, 2.24) is 4.90 Å². The van der Waals surface area contributed by atoms with Gasteiger partial charge in [-0.1, -0.05) is 29.2 Å². The number of methoxy groups -OCH3 is 1. The van der Waals surface area contributed by atoms with Gasteiger partial charge >= 0.3 is 30.5 Å². The molecule has 0 saturated carbocycles. The van der Waals surface area contributed by atoms with E-state index in [4.69, 9.17) is 4.74 Å². The van der Waals surface area contributed by atoms with Gasteiger partial charge in [0.2, 0.25) is 0 Å². The molecule has 1 atom stereocenters. The summed E-state index contributed by atoms with van der Waals surface area (Å²) in [5, 5.41) is 0. The summed E-state index contributed by atoms with van der Waals surface area (Å²) in [6.07, 6.45) is -20.9. The third-order valence-electron chi connectivity index (χ3n) is 3.95. The smallest absolute Gasteiger partial charge is 0.470 e. The maximum atomic E-state index is 14.3. The van der Waals surface area contributed by atoms with Gasteiger partial charge in [0.15, 0.2) is 0 Å². The van der Waals surface area contributed by atoms with Gasteiger partial charge in [-0.15, -0.1) is 0 Å². The van der Waals surface area contributed by atoms with Crippen molar-refractivity contribution >= 4 is 5.97 Å². The van der Waals surface area contributed by atoms with Crippen molar-refractivity contribution in [3.8, 4) is 22.6 Å². The summed E-state index contributed by atoms with van der Waals surface area (Å²) < 4.78 is 138. The molecule has 2 rings (SSSR count). The zero-order chi connectivity index (χ0) is 24.5. The lowest BCUT2D eigenvalue weighted by Crippen LogP contribution is -2.70. The fraction of sp³-hybridized carbons (Fsp3) is 0.278. The number of esters is 1. The van der Waals surface area contributed by atoms with Crippen LogP contribution in [0.25, 0.3) is 11.1 Å². The van der Waals surface area contributed by atoms with Crippen LogP contribution in [-0.4, -0.2) is 42.5 Å². The van der Waals surface area contributed by atoms with Crippen molar-refractivity contribution in [2.75, 3.05) is 7.11 Å². The number of rotatable bonds is 5. The number of carbonyl (C=O) groups excluding carboxylic acids is 1. The van der Waals surface area contributed by atoms with Gasteiger partial charge in [0.25, 0.3) is 0 Å². The van der Waals surface area contributed by atoms with Crippen LogP contribution in [-0.2, 0) is 4.79 Å². The fourth-order valence-corrected chi connectivity index (χ4v) is 2.50. The first kappa shape index (κ1) is 25.2. The summed E-state index contributed by atoms with van der Waals surface area (Å²) in [6, 6.07) is 9.99. The highest BCUT2D eigenvalue weighted by atomic mass is 19.4. The topological polar surface area (TPSA) is 38.8 Å². The van der Waals surface area contributed by atoms with Crippen LogP contribution in [0.3, 0.4) is 0 Å². The first-order chi connectivity index (χ1) is 14.5. The predicted octanol–water partition coefficient (Wildman–Crippen LogP) is 5.84. The maximum Gasteiger partial charge on any atom is 0.470 e. The molecule has 32 heavy (non-hydrogen) atoms. The van der Waals surface area contributed by atoms with Gasteiger partial charge in [-0.2, -0.15) is 39.5 Å². The number of nitrogens with zero attached hydrogens (tertiary/aromatic N) is 1. The van der Waals surface area contributed by atoms with Gasteiger partial charge in [0.1, 0.15) is 11.5 Å². The second-order valence-electron chi connectivity index (χ2n) is 6.03. The van der Waals surface area contributed by atoms with Crippen LogP contribution >= 0.6 is 0 Å². The summed E-state index contributed by atoms with van der Waals surface area (Å²) in [5.74, 6) is -10.5. The Hall–Kier alpha value is -3.03. The molecule has 0 fully saturated rings. The highest BCUT2D eigenvalue weighted by Gasteiger charge is 2.79. The largest absolute Gasteiger partial charge is 0.497 e. The van der Waals surface area contributed by atoms with Crippen LogP contribution in [0.4, 0.5) is 43.9 Å². The molecule has 0 spiro atoms. The minimum absolute atomic E-state index is 0.377. The number of ether oxygens (including phenoxy) is 2. The maximum absolute atomic E-state index is 14.3. The average molecular weight is 479 g/mol. The Morgan fingerprint density at radius 1 is 0.688 bits per heavy atom. The Morgan fingerprint density at radius 3 is 1.38 bits per heavy atom. The minimum atomic E-state index is -6.96. The van der Waals surface area contributed by atoms with E-state index in [2.05, 4.69) is 4.74 Å². The van der Waals surface area contributed by atoms with E-state index in [9.17, 15) is 48.7 Å². The summed E-state index contributed by atoms with van der Waals surface area (Å²) >= 11 is 0. The molecule has 0 aliphatic heterocycles. The van der Waals surface area contributed by atoms with Crippen molar-refractivity contribution < 1.29 is 58.2 Å². The molecule has 0 N–H and O–H groups in total. The average Bonchev–Trinajstić information content (AvgIpc) is 2.65. The normalized spacial score (nSPS) is 14.8. The Balaban J connectivity index is 2.38. The standard InChI is InChI=1S/C18H11F10NO3/c1-31-12-6-2-10(3-7-12)11-4-8-13(9-5-11)32-14(30)15(19,16(20,21)22)29(17(23,24)25)18(26,27)28/h2-9H,1H3/t15-/m0/s1. The molecule has 0 saturated heterocycles. The lowest BCUT2D eigenvalue weighted by molar-refractivity contribution is -0.446. The molecule has 0 amide bonds. The number of halogens is 10. The molecule has 0 aromatic heterocycles. The first-order valence-corrected chi connectivity index (χ1v) is 8.18. The molecule has 14 heteroatoms. The Bertz CT molecular complexity index is 922.